The molecule has 154 valence electrons. The lowest BCUT2D eigenvalue weighted by atomic mass is 9.72. The third-order valence-electron chi connectivity index (χ3n) is 5.84. The quantitative estimate of drug-likeness (QED) is 0.426. The summed E-state index contributed by atoms with van der Waals surface area (Å²) in [6.45, 7) is 10.3. The van der Waals surface area contributed by atoms with Crippen LogP contribution in [0.3, 0.4) is 0 Å². The number of allylic oxidation sites excluding steroid dienone is 3. The zero-order valence-corrected chi connectivity index (χ0v) is 17.7. The fourth-order valence-corrected chi connectivity index (χ4v) is 4.40. The number of hydrogen-bond acceptors (Lipinski definition) is 3. The van der Waals surface area contributed by atoms with Crippen molar-refractivity contribution >= 4 is 5.97 Å². The maximum absolute atomic E-state index is 12.2. The van der Waals surface area contributed by atoms with Crippen LogP contribution in [-0.2, 0) is 13.0 Å². The normalized spacial score (nSPS) is 19.2. The molecule has 0 radical (unpaired) electrons. The van der Waals surface area contributed by atoms with Gasteiger partial charge in [0.2, 0.25) is 0 Å². The number of aromatic carboxylic acids is 1. The van der Waals surface area contributed by atoms with Crippen LogP contribution in [0.5, 0.6) is 5.75 Å². The maximum atomic E-state index is 12.2. The van der Waals surface area contributed by atoms with E-state index in [2.05, 4.69) is 26.5 Å². The zero-order valence-electron chi connectivity index (χ0n) is 17.7. The van der Waals surface area contributed by atoms with Gasteiger partial charge in [-0.3, -0.25) is 0 Å². The first-order chi connectivity index (χ1) is 13.3. The first-order valence-electron chi connectivity index (χ1n) is 10.2. The number of aryl methyl sites for hydroxylation is 1. The molecule has 1 aliphatic rings. The van der Waals surface area contributed by atoms with Crippen molar-refractivity contribution in [2.45, 2.75) is 71.8 Å². The lowest BCUT2D eigenvalue weighted by Gasteiger charge is -2.33. The Morgan fingerprint density at radius 3 is 2.57 bits per heavy atom. The van der Waals surface area contributed by atoms with E-state index in [1.807, 2.05) is 13.0 Å². The Morgan fingerprint density at radius 1 is 1.32 bits per heavy atom. The number of unbranched alkanes of at least 4 members (excludes halogenated alkanes) is 2. The number of aliphatic hydroxyl groups excluding tert-OH is 1. The highest BCUT2D eigenvalue weighted by molar-refractivity contribution is 5.94. The lowest BCUT2D eigenvalue weighted by Crippen LogP contribution is -2.21. The van der Waals surface area contributed by atoms with Gasteiger partial charge >= 0.3 is 5.97 Å². The van der Waals surface area contributed by atoms with Gasteiger partial charge in [-0.1, -0.05) is 49.6 Å². The highest BCUT2D eigenvalue weighted by Crippen LogP contribution is 2.46. The molecule has 4 heteroatoms. The summed E-state index contributed by atoms with van der Waals surface area (Å²) in [7, 11) is 1.53. The Bertz CT molecular complexity index is 760. The van der Waals surface area contributed by atoms with Gasteiger partial charge in [0.25, 0.3) is 0 Å². The summed E-state index contributed by atoms with van der Waals surface area (Å²) in [5.74, 6) is -0.410. The topological polar surface area (TPSA) is 66.8 Å². The van der Waals surface area contributed by atoms with Gasteiger partial charge in [0, 0.05) is 11.5 Å². The van der Waals surface area contributed by atoms with Gasteiger partial charge in [0.15, 0.2) is 0 Å². The van der Waals surface area contributed by atoms with Crippen LogP contribution in [0.25, 0.3) is 0 Å². The Labute approximate surface area is 168 Å². The van der Waals surface area contributed by atoms with Crippen molar-refractivity contribution in [1.82, 2.24) is 0 Å². The van der Waals surface area contributed by atoms with E-state index in [1.54, 1.807) is 0 Å². The van der Waals surface area contributed by atoms with Crippen molar-refractivity contribution in [3.05, 3.63) is 52.1 Å². The largest absolute Gasteiger partial charge is 0.496 e. The second-order valence-electron chi connectivity index (χ2n) is 7.97. The molecule has 2 N–H and O–H groups in total. The summed E-state index contributed by atoms with van der Waals surface area (Å²) in [4.78, 5) is 12.2. The second kappa shape index (κ2) is 9.92. The van der Waals surface area contributed by atoms with Crippen molar-refractivity contribution < 1.29 is 19.7 Å². The standard InChI is InChI=1S/C24H34O4/c1-6-7-8-9-17-13-18(14-25)21(23(28-5)22(17)24(26)27)20-12-16(4)10-11-19(20)15(2)3/h12-13,19-20,25H,2,6-11,14H2,1,3-5H3,(H,26,27)/t19-,20+/m0/s1. The van der Waals surface area contributed by atoms with Crippen molar-refractivity contribution in [3.8, 4) is 5.75 Å². The molecule has 0 saturated heterocycles. The summed E-state index contributed by atoms with van der Waals surface area (Å²) >= 11 is 0. The van der Waals surface area contributed by atoms with Crippen LogP contribution in [-0.4, -0.2) is 23.3 Å². The van der Waals surface area contributed by atoms with Crippen LogP contribution < -0.4 is 4.74 Å². The predicted octanol–water partition coefficient (Wildman–Crippen LogP) is 5.63. The maximum Gasteiger partial charge on any atom is 0.339 e. The third kappa shape index (κ3) is 4.67. The molecule has 0 saturated carbocycles. The van der Waals surface area contributed by atoms with Crippen LogP contribution in [0.2, 0.25) is 0 Å². The number of rotatable bonds is 9. The molecule has 0 spiro atoms. The monoisotopic (exact) mass is 386 g/mol. The second-order valence-corrected chi connectivity index (χ2v) is 7.97. The van der Waals surface area contributed by atoms with Crippen molar-refractivity contribution in [2.24, 2.45) is 5.92 Å². The van der Waals surface area contributed by atoms with E-state index in [0.29, 0.717) is 12.2 Å². The van der Waals surface area contributed by atoms with Crippen LogP contribution in [0.1, 0.15) is 85.8 Å². The molecule has 0 aliphatic heterocycles. The molecule has 2 atom stereocenters. The molecule has 0 unspecified atom stereocenters. The fraction of sp³-hybridized carbons (Fsp3) is 0.542. The molecule has 1 aliphatic carbocycles. The first-order valence-corrected chi connectivity index (χ1v) is 10.2. The van der Waals surface area contributed by atoms with Crippen molar-refractivity contribution in [2.75, 3.05) is 7.11 Å². The predicted molar refractivity (Wildman–Crippen MR) is 113 cm³/mol. The molecule has 2 rings (SSSR count). The van der Waals surface area contributed by atoms with Gasteiger partial charge in [-0.2, -0.15) is 0 Å². The average Bonchev–Trinajstić information content (AvgIpc) is 2.66. The van der Waals surface area contributed by atoms with E-state index in [0.717, 1.165) is 54.4 Å². The Kier molecular flexibility index (Phi) is 7.88. The van der Waals surface area contributed by atoms with Gasteiger partial charge in [-0.25, -0.2) is 4.79 Å². The van der Waals surface area contributed by atoms with Gasteiger partial charge < -0.3 is 14.9 Å². The minimum absolute atomic E-state index is 0.0360. The molecular weight excluding hydrogens is 352 g/mol. The molecule has 0 fully saturated rings. The number of carboxylic acid groups (broad SMARTS) is 1. The number of hydrogen-bond donors (Lipinski definition) is 2. The minimum atomic E-state index is -0.975. The molecule has 0 amide bonds. The SMILES string of the molecule is C=C(C)[C@@H]1CCC(C)=C[C@H]1c1c(CO)cc(CCCCC)c(C(=O)O)c1OC. The van der Waals surface area contributed by atoms with E-state index in [9.17, 15) is 15.0 Å². The number of benzene rings is 1. The van der Waals surface area contributed by atoms with Gasteiger partial charge in [0.05, 0.1) is 13.7 Å². The zero-order chi connectivity index (χ0) is 20.8. The number of ether oxygens (including phenoxy) is 1. The number of carbonyl (C=O) groups is 1. The summed E-state index contributed by atoms with van der Waals surface area (Å²) in [5, 5.41) is 20.1. The van der Waals surface area contributed by atoms with Gasteiger partial charge in [-0.15, -0.1) is 0 Å². The van der Waals surface area contributed by atoms with E-state index in [-0.39, 0.29) is 24.0 Å². The minimum Gasteiger partial charge on any atom is -0.496 e. The van der Waals surface area contributed by atoms with Crippen LogP contribution >= 0.6 is 0 Å². The summed E-state index contributed by atoms with van der Waals surface area (Å²) in [5.41, 5.74) is 4.89. The molecule has 0 aromatic heterocycles. The fourth-order valence-electron chi connectivity index (χ4n) is 4.40. The van der Waals surface area contributed by atoms with E-state index < -0.39 is 5.97 Å². The lowest BCUT2D eigenvalue weighted by molar-refractivity contribution is 0.0691. The van der Waals surface area contributed by atoms with Crippen LogP contribution in [0.4, 0.5) is 0 Å². The molecular formula is C24H34O4. The Morgan fingerprint density at radius 2 is 2.04 bits per heavy atom. The molecule has 4 nitrogen and oxygen atoms in total. The number of methoxy groups -OCH3 is 1. The van der Waals surface area contributed by atoms with E-state index in [1.165, 1.54) is 12.7 Å². The van der Waals surface area contributed by atoms with Crippen LogP contribution in [0.15, 0.2) is 29.9 Å². The third-order valence-corrected chi connectivity index (χ3v) is 5.84. The molecule has 1 aromatic rings. The van der Waals surface area contributed by atoms with E-state index in [4.69, 9.17) is 4.74 Å². The Balaban J connectivity index is 2.71. The van der Waals surface area contributed by atoms with Crippen LogP contribution in [0, 0.1) is 5.92 Å². The Hall–Kier alpha value is -2.07. The summed E-state index contributed by atoms with van der Waals surface area (Å²) < 4.78 is 5.69. The summed E-state index contributed by atoms with van der Waals surface area (Å²) in [6, 6.07) is 1.88. The van der Waals surface area contributed by atoms with Crippen molar-refractivity contribution in [1.29, 1.82) is 0 Å². The smallest absolute Gasteiger partial charge is 0.339 e. The molecule has 0 heterocycles. The highest BCUT2D eigenvalue weighted by atomic mass is 16.5. The first kappa shape index (κ1) is 22.2. The average molecular weight is 387 g/mol. The van der Waals surface area contributed by atoms with E-state index >= 15 is 0 Å². The highest BCUT2D eigenvalue weighted by Gasteiger charge is 2.33. The molecule has 0 bridgehead atoms. The van der Waals surface area contributed by atoms with Crippen molar-refractivity contribution in [3.63, 3.8) is 0 Å². The van der Waals surface area contributed by atoms with Gasteiger partial charge in [0.1, 0.15) is 11.3 Å². The van der Waals surface area contributed by atoms with Gasteiger partial charge in [-0.05, 0) is 56.6 Å². The molecule has 28 heavy (non-hydrogen) atoms. The number of aliphatic hydroxyl groups is 1. The number of carboxylic acids is 1. The summed E-state index contributed by atoms with van der Waals surface area (Å²) in [6.07, 6.45) is 7.87. The molecule has 1 aromatic carbocycles.